The van der Waals surface area contributed by atoms with Crippen LogP contribution in [0.4, 0.5) is 0 Å². The van der Waals surface area contributed by atoms with Crippen molar-refractivity contribution >= 4 is 45.9 Å². The second-order valence-electron chi connectivity index (χ2n) is 6.23. The van der Waals surface area contributed by atoms with E-state index in [2.05, 4.69) is 15.2 Å². The van der Waals surface area contributed by atoms with Gasteiger partial charge in [0.15, 0.2) is 4.84 Å². The molecule has 0 radical (unpaired) electrons. The fourth-order valence-corrected chi connectivity index (χ4v) is 3.20. The lowest BCUT2D eigenvalue weighted by atomic mass is 10.0. The fraction of sp³-hybridized carbons (Fsp3) is 0.190. The number of para-hydroxylation sites is 1. The van der Waals surface area contributed by atoms with Crippen molar-refractivity contribution in [2.45, 2.75) is 4.84 Å². The van der Waals surface area contributed by atoms with Gasteiger partial charge in [0, 0.05) is 30.8 Å². The maximum absolute atomic E-state index is 12.8. The largest absolute Gasteiger partial charge is 0.352 e. The molecule has 0 aliphatic carbocycles. The average molecular weight is 417 g/mol. The van der Waals surface area contributed by atoms with Gasteiger partial charge in [0.25, 0.3) is 11.8 Å². The number of amides is 2. The van der Waals surface area contributed by atoms with E-state index in [4.69, 9.17) is 23.2 Å². The van der Waals surface area contributed by atoms with Crippen LogP contribution in [0.3, 0.4) is 0 Å². The van der Waals surface area contributed by atoms with Gasteiger partial charge in [0.2, 0.25) is 11.2 Å². The van der Waals surface area contributed by atoms with E-state index in [0.717, 1.165) is 22.2 Å². The highest BCUT2D eigenvalue weighted by Crippen LogP contribution is 2.23. The number of carbonyl (C=O) groups is 2. The van der Waals surface area contributed by atoms with Gasteiger partial charge in [-0.1, -0.05) is 53.5 Å². The number of alkyl halides is 2. The standard InChI is InChI=1S/C21H19Cl2N3O2/c1-26-17-10-6-5-9-15(17)16(13-18(26)14-7-3-2-4-8-14)20(27)24-11-12-25-21(28)19(22)23/h2-10,13,19H,11-12H2,1H3,(H-,24,25,27,28)/p+1. The zero-order chi connectivity index (χ0) is 20.1. The third-order valence-corrected chi connectivity index (χ3v) is 4.82. The summed E-state index contributed by atoms with van der Waals surface area (Å²) >= 11 is 11.0. The van der Waals surface area contributed by atoms with E-state index in [0.29, 0.717) is 5.56 Å². The Hall–Kier alpha value is -2.63. The van der Waals surface area contributed by atoms with Gasteiger partial charge in [0.05, 0.1) is 10.9 Å². The molecular formula is C21H20Cl2N3O2+. The van der Waals surface area contributed by atoms with Gasteiger partial charge in [-0.3, -0.25) is 9.59 Å². The van der Waals surface area contributed by atoms with Crippen molar-refractivity contribution in [1.29, 1.82) is 0 Å². The van der Waals surface area contributed by atoms with Crippen LogP contribution in [-0.2, 0) is 11.8 Å². The van der Waals surface area contributed by atoms with E-state index in [9.17, 15) is 9.59 Å². The van der Waals surface area contributed by atoms with Crippen LogP contribution in [0.1, 0.15) is 10.4 Å². The number of halogens is 2. The molecule has 1 heterocycles. The molecule has 0 bridgehead atoms. The maximum atomic E-state index is 12.8. The molecule has 2 aromatic carbocycles. The Bertz CT molecular complexity index is 1010. The second-order valence-corrected chi connectivity index (χ2v) is 7.33. The van der Waals surface area contributed by atoms with Crippen molar-refractivity contribution in [3.8, 4) is 11.3 Å². The number of nitrogens with zero attached hydrogens (tertiary/aromatic N) is 1. The third kappa shape index (κ3) is 4.43. The Morgan fingerprint density at radius 1 is 0.964 bits per heavy atom. The molecule has 0 aliphatic heterocycles. The highest BCUT2D eigenvalue weighted by atomic mass is 35.5. The zero-order valence-electron chi connectivity index (χ0n) is 15.3. The van der Waals surface area contributed by atoms with Crippen LogP contribution in [0.15, 0.2) is 60.7 Å². The van der Waals surface area contributed by atoms with Gasteiger partial charge in [-0.2, -0.15) is 4.57 Å². The Labute approximate surface area is 173 Å². The third-order valence-electron chi connectivity index (χ3n) is 4.42. The topological polar surface area (TPSA) is 62.1 Å². The number of benzene rings is 2. The molecule has 3 rings (SSSR count). The summed E-state index contributed by atoms with van der Waals surface area (Å²) in [7, 11) is 1.98. The summed E-state index contributed by atoms with van der Waals surface area (Å²) in [6, 6.07) is 19.6. The summed E-state index contributed by atoms with van der Waals surface area (Å²) < 4.78 is 2.07. The molecule has 0 saturated carbocycles. The van der Waals surface area contributed by atoms with Crippen LogP contribution in [0.5, 0.6) is 0 Å². The summed E-state index contributed by atoms with van der Waals surface area (Å²) in [4.78, 5) is 23.1. The SMILES string of the molecule is C[n+]1c(-c2ccccc2)cc(C(=O)NCCNC(=O)C(Cl)Cl)c2ccccc21. The van der Waals surface area contributed by atoms with Crippen LogP contribution in [0.2, 0.25) is 0 Å². The molecule has 0 unspecified atom stereocenters. The minimum absolute atomic E-state index is 0.212. The quantitative estimate of drug-likeness (QED) is 0.368. The number of carbonyl (C=O) groups excluding carboxylic acids is 2. The van der Waals surface area contributed by atoms with Gasteiger partial charge in [0.1, 0.15) is 7.05 Å². The summed E-state index contributed by atoms with van der Waals surface area (Å²) in [5, 5.41) is 6.24. The predicted molar refractivity (Wildman–Crippen MR) is 111 cm³/mol. The van der Waals surface area contributed by atoms with Gasteiger partial charge < -0.3 is 10.6 Å². The van der Waals surface area contributed by atoms with Crippen molar-refractivity contribution in [2.75, 3.05) is 13.1 Å². The number of pyridine rings is 1. The molecule has 7 heteroatoms. The molecule has 0 spiro atoms. The van der Waals surface area contributed by atoms with Crippen LogP contribution < -0.4 is 15.2 Å². The molecule has 0 atom stereocenters. The van der Waals surface area contributed by atoms with Crippen LogP contribution >= 0.6 is 23.2 Å². The first-order valence-electron chi connectivity index (χ1n) is 8.80. The Morgan fingerprint density at radius 3 is 2.32 bits per heavy atom. The molecule has 0 fully saturated rings. The molecule has 2 N–H and O–H groups in total. The Kier molecular flexibility index (Phi) is 6.49. The molecule has 144 valence electrons. The number of nitrogens with one attached hydrogen (secondary N) is 2. The van der Waals surface area contributed by atoms with Crippen LogP contribution in [-0.4, -0.2) is 29.7 Å². The molecule has 1 aromatic heterocycles. The fourth-order valence-electron chi connectivity index (χ4n) is 3.04. The number of aryl methyl sites for hydroxylation is 1. The summed E-state index contributed by atoms with van der Waals surface area (Å²) in [6.07, 6.45) is 0. The molecule has 28 heavy (non-hydrogen) atoms. The highest BCUT2D eigenvalue weighted by Gasteiger charge is 2.21. The van der Waals surface area contributed by atoms with E-state index in [1.807, 2.05) is 67.7 Å². The molecule has 0 saturated heterocycles. The first-order chi connectivity index (χ1) is 13.5. The van der Waals surface area contributed by atoms with Gasteiger partial charge in [-0.25, -0.2) is 0 Å². The molecular weight excluding hydrogens is 397 g/mol. The first kappa shape index (κ1) is 20.1. The van der Waals surface area contributed by atoms with E-state index in [1.54, 1.807) is 0 Å². The van der Waals surface area contributed by atoms with Gasteiger partial charge in [-0.15, -0.1) is 0 Å². The number of rotatable bonds is 6. The lowest BCUT2D eigenvalue weighted by Gasteiger charge is -2.11. The maximum Gasteiger partial charge on any atom is 0.253 e. The minimum atomic E-state index is -1.12. The van der Waals surface area contributed by atoms with Crippen LogP contribution in [0, 0.1) is 0 Å². The normalized spacial score (nSPS) is 10.9. The van der Waals surface area contributed by atoms with E-state index >= 15 is 0 Å². The number of hydrogen-bond donors (Lipinski definition) is 2. The molecule has 0 aliphatic rings. The highest BCUT2D eigenvalue weighted by molar-refractivity contribution is 6.53. The van der Waals surface area contributed by atoms with Gasteiger partial charge in [-0.05, 0) is 18.2 Å². The van der Waals surface area contributed by atoms with Crippen molar-refractivity contribution < 1.29 is 14.2 Å². The molecule has 3 aromatic rings. The van der Waals surface area contributed by atoms with Crippen molar-refractivity contribution in [3.63, 3.8) is 0 Å². The number of fused-ring (bicyclic) bond motifs is 1. The van der Waals surface area contributed by atoms with E-state index in [1.165, 1.54) is 0 Å². The summed E-state index contributed by atoms with van der Waals surface area (Å²) in [6.45, 7) is 0.506. The zero-order valence-corrected chi connectivity index (χ0v) is 16.8. The van der Waals surface area contributed by atoms with E-state index < -0.39 is 10.7 Å². The van der Waals surface area contributed by atoms with E-state index in [-0.39, 0.29) is 19.0 Å². The smallest absolute Gasteiger partial charge is 0.253 e. The van der Waals surface area contributed by atoms with Gasteiger partial charge >= 0.3 is 0 Å². The minimum Gasteiger partial charge on any atom is -0.352 e. The van der Waals surface area contributed by atoms with Crippen molar-refractivity contribution in [1.82, 2.24) is 10.6 Å². The second kappa shape index (κ2) is 9.04. The summed E-state index contributed by atoms with van der Waals surface area (Å²) in [5.74, 6) is -0.697. The lowest BCUT2D eigenvalue weighted by molar-refractivity contribution is -0.633. The van der Waals surface area contributed by atoms with Crippen LogP contribution in [0.25, 0.3) is 22.2 Å². The molecule has 2 amide bonds. The monoisotopic (exact) mass is 416 g/mol. The van der Waals surface area contributed by atoms with Crippen molar-refractivity contribution in [3.05, 3.63) is 66.2 Å². The number of aromatic nitrogens is 1. The lowest BCUT2D eigenvalue weighted by Crippen LogP contribution is -2.38. The first-order valence-corrected chi connectivity index (χ1v) is 9.67. The number of hydrogen-bond acceptors (Lipinski definition) is 2. The molecule has 5 nitrogen and oxygen atoms in total. The van der Waals surface area contributed by atoms with Crippen molar-refractivity contribution in [2.24, 2.45) is 7.05 Å². The predicted octanol–water partition coefficient (Wildman–Crippen LogP) is 2.98. The Balaban J connectivity index is 1.89. The average Bonchev–Trinajstić information content (AvgIpc) is 2.72. The Morgan fingerprint density at radius 2 is 1.61 bits per heavy atom. The summed E-state index contributed by atoms with van der Waals surface area (Å²) in [5.41, 5.74) is 3.48.